The van der Waals surface area contributed by atoms with Gasteiger partial charge in [-0.05, 0) is 30.4 Å². The number of carbonyl (C=O) groups is 1. The van der Waals surface area contributed by atoms with Gasteiger partial charge < -0.3 is 9.64 Å². The summed E-state index contributed by atoms with van der Waals surface area (Å²) in [5.41, 5.74) is 2.13. The minimum atomic E-state index is -0.0362. The lowest BCUT2D eigenvalue weighted by Crippen LogP contribution is -2.45. The van der Waals surface area contributed by atoms with Gasteiger partial charge in [0.1, 0.15) is 6.10 Å². The summed E-state index contributed by atoms with van der Waals surface area (Å²) in [5, 5.41) is 0. The van der Waals surface area contributed by atoms with Gasteiger partial charge in [-0.1, -0.05) is 37.3 Å². The van der Waals surface area contributed by atoms with Crippen molar-refractivity contribution in [2.24, 2.45) is 0 Å². The van der Waals surface area contributed by atoms with E-state index in [0.717, 1.165) is 36.9 Å². The van der Waals surface area contributed by atoms with Crippen LogP contribution in [0.1, 0.15) is 30.9 Å². The van der Waals surface area contributed by atoms with E-state index in [0.29, 0.717) is 19.0 Å². The van der Waals surface area contributed by atoms with Crippen molar-refractivity contribution in [2.45, 2.75) is 38.7 Å². The zero-order valence-corrected chi connectivity index (χ0v) is 14.0. The predicted octanol–water partition coefficient (Wildman–Crippen LogP) is 2.65. The summed E-state index contributed by atoms with van der Waals surface area (Å²) < 4.78 is 5.87. The zero-order chi connectivity index (χ0) is 16.8. The summed E-state index contributed by atoms with van der Waals surface area (Å²) >= 11 is 0. The summed E-state index contributed by atoms with van der Waals surface area (Å²) in [6, 6.07) is 10.2. The summed E-state index contributed by atoms with van der Waals surface area (Å²) in [5.74, 6) is 0.150. The number of nitrogens with zero attached hydrogens (tertiary/aromatic N) is 3. The number of carbonyl (C=O) groups excluding carboxylic acids is 1. The Balaban J connectivity index is 1.56. The second-order valence-electron chi connectivity index (χ2n) is 6.11. The van der Waals surface area contributed by atoms with Crippen molar-refractivity contribution in [2.75, 3.05) is 13.1 Å². The average molecular weight is 325 g/mol. The van der Waals surface area contributed by atoms with Gasteiger partial charge in [-0.2, -0.15) is 0 Å². The van der Waals surface area contributed by atoms with E-state index in [9.17, 15) is 4.79 Å². The number of piperidine rings is 1. The van der Waals surface area contributed by atoms with Gasteiger partial charge in [-0.25, -0.2) is 9.97 Å². The molecular weight excluding hydrogens is 302 g/mol. The molecule has 0 aliphatic carbocycles. The lowest BCUT2D eigenvalue weighted by Gasteiger charge is -2.32. The molecule has 1 aromatic carbocycles. The Labute approximate surface area is 142 Å². The highest BCUT2D eigenvalue weighted by molar-refractivity contribution is 5.78. The Kier molecular flexibility index (Phi) is 5.41. The second kappa shape index (κ2) is 7.90. The lowest BCUT2D eigenvalue weighted by molar-refractivity contribution is -0.133. The summed E-state index contributed by atoms with van der Waals surface area (Å²) in [7, 11) is 0. The third-order valence-electron chi connectivity index (χ3n) is 4.29. The van der Waals surface area contributed by atoms with Crippen LogP contribution in [0.15, 0.2) is 42.7 Å². The maximum Gasteiger partial charge on any atom is 0.316 e. The third-order valence-corrected chi connectivity index (χ3v) is 4.29. The number of aryl methyl sites for hydroxylation is 1. The molecule has 24 heavy (non-hydrogen) atoms. The second-order valence-corrected chi connectivity index (χ2v) is 6.11. The number of likely N-dealkylation sites (tertiary alicyclic amines) is 1. The number of ether oxygens (including phenoxy) is 1. The summed E-state index contributed by atoms with van der Waals surface area (Å²) in [4.78, 5) is 22.9. The first-order valence-corrected chi connectivity index (χ1v) is 8.54. The van der Waals surface area contributed by atoms with E-state index in [1.54, 1.807) is 12.4 Å². The van der Waals surface area contributed by atoms with E-state index in [1.165, 1.54) is 0 Å². The van der Waals surface area contributed by atoms with Gasteiger partial charge in [0.25, 0.3) is 0 Å². The largest absolute Gasteiger partial charge is 0.458 e. The molecule has 1 aromatic heterocycles. The Hall–Kier alpha value is -2.43. The van der Waals surface area contributed by atoms with Crippen molar-refractivity contribution >= 4 is 5.91 Å². The van der Waals surface area contributed by atoms with Gasteiger partial charge in [-0.3, -0.25) is 4.79 Å². The molecular formula is C19H23N3O2. The number of benzene rings is 1. The molecule has 2 heterocycles. The van der Waals surface area contributed by atoms with Crippen LogP contribution in [0, 0.1) is 0 Å². The number of hydrogen-bond acceptors (Lipinski definition) is 4. The van der Waals surface area contributed by atoms with Gasteiger partial charge >= 0.3 is 6.01 Å². The topological polar surface area (TPSA) is 55.3 Å². The van der Waals surface area contributed by atoms with Crippen molar-refractivity contribution in [1.82, 2.24) is 14.9 Å². The van der Waals surface area contributed by atoms with Crippen molar-refractivity contribution in [3.63, 3.8) is 0 Å². The number of rotatable bonds is 5. The van der Waals surface area contributed by atoms with E-state index in [4.69, 9.17) is 4.74 Å². The van der Waals surface area contributed by atoms with Crippen LogP contribution in [0.2, 0.25) is 0 Å². The van der Waals surface area contributed by atoms with Gasteiger partial charge in [0.2, 0.25) is 5.91 Å². The Morgan fingerprint density at radius 2 is 1.96 bits per heavy atom. The van der Waals surface area contributed by atoms with Crippen LogP contribution in [0.5, 0.6) is 6.01 Å². The molecule has 0 saturated carbocycles. The van der Waals surface area contributed by atoms with Crippen molar-refractivity contribution in [3.8, 4) is 6.01 Å². The molecule has 5 heteroatoms. The highest BCUT2D eigenvalue weighted by Crippen LogP contribution is 2.16. The number of amides is 1. The number of aromatic nitrogens is 2. The highest BCUT2D eigenvalue weighted by Gasteiger charge is 2.25. The van der Waals surface area contributed by atoms with Crippen molar-refractivity contribution < 1.29 is 9.53 Å². The molecule has 0 bridgehead atoms. The average Bonchev–Trinajstić information content (AvgIpc) is 2.63. The molecule has 0 N–H and O–H groups in total. The highest BCUT2D eigenvalue weighted by atomic mass is 16.5. The molecule has 1 aliphatic heterocycles. The van der Waals surface area contributed by atoms with Crippen LogP contribution in [-0.2, 0) is 17.6 Å². The fourth-order valence-corrected chi connectivity index (χ4v) is 2.88. The molecule has 1 unspecified atom stereocenters. The predicted molar refractivity (Wildman–Crippen MR) is 91.8 cm³/mol. The molecule has 2 aromatic rings. The summed E-state index contributed by atoms with van der Waals surface area (Å²) in [6.07, 6.45) is 6.77. The lowest BCUT2D eigenvalue weighted by atomic mass is 10.1. The Bertz CT molecular complexity index is 658. The van der Waals surface area contributed by atoms with Crippen LogP contribution in [-0.4, -0.2) is 40.0 Å². The van der Waals surface area contributed by atoms with E-state index in [2.05, 4.69) is 16.9 Å². The van der Waals surface area contributed by atoms with E-state index >= 15 is 0 Å². The fraction of sp³-hybridized carbons (Fsp3) is 0.421. The van der Waals surface area contributed by atoms with Crippen LogP contribution < -0.4 is 4.74 Å². The van der Waals surface area contributed by atoms with Crippen LogP contribution in [0.25, 0.3) is 0 Å². The fourth-order valence-electron chi connectivity index (χ4n) is 2.88. The van der Waals surface area contributed by atoms with Gasteiger partial charge in [0, 0.05) is 18.9 Å². The smallest absolute Gasteiger partial charge is 0.316 e. The van der Waals surface area contributed by atoms with Crippen LogP contribution >= 0.6 is 0 Å². The standard InChI is InChI=1S/C19H23N3O2/c1-2-15-12-20-19(21-13-15)24-17-9-6-10-22(14-17)18(23)11-16-7-4-3-5-8-16/h3-5,7-8,12-13,17H,2,6,9-11,14H2,1H3. The first-order valence-electron chi connectivity index (χ1n) is 8.54. The SMILES string of the molecule is CCc1cnc(OC2CCCN(C(=O)Cc3ccccc3)C2)nc1. The Morgan fingerprint density at radius 1 is 1.21 bits per heavy atom. The van der Waals surface area contributed by atoms with Crippen molar-refractivity contribution in [3.05, 3.63) is 53.9 Å². The molecule has 0 spiro atoms. The monoisotopic (exact) mass is 325 g/mol. The van der Waals surface area contributed by atoms with E-state index in [1.807, 2.05) is 35.2 Å². The molecule has 1 saturated heterocycles. The molecule has 126 valence electrons. The normalized spacial score (nSPS) is 17.5. The molecule has 1 atom stereocenters. The third kappa shape index (κ3) is 4.31. The molecule has 0 radical (unpaired) electrons. The minimum Gasteiger partial charge on any atom is -0.458 e. The maximum atomic E-state index is 12.5. The van der Waals surface area contributed by atoms with Crippen LogP contribution in [0.4, 0.5) is 0 Å². The van der Waals surface area contributed by atoms with E-state index < -0.39 is 0 Å². The molecule has 1 amide bonds. The number of hydrogen-bond donors (Lipinski definition) is 0. The van der Waals surface area contributed by atoms with Crippen LogP contribution in [0.3, 0.4) is 0 Å². The van der Waals surface area contributed by atoms with Crippen molar-refractivity contribution in [1.29, 1.82) is 0 Å². The first kappa shape index (κ1) is 16.4. The Morgan fingerprint density at radius 3 is 2.67 bits per heavy atom. The molecule has 5 nitrogen and oxygen atoms in total. The quantitative estimate of drug-likeness (QED) is 0.848. The first-order chi connectivity index (χ1) is 11.7. The molecule has 3 rings (SSSR count). The summed E-state index contributed by atoms with van der Waals surface area (Å²) in [6.45, 7) is 3.46. The maximum absolute atomic E-state index is 12.5. The molecule has 1 fully saturated rings. The van der Waals surface area contributed by atoms with Gasteiger partial charge in [-0.15, -0.1) is 0 Å². The minimum absolute atomic E-state index is 0.0362. The molecule has 1 aliphatic rings. The zero-order valence-electron chi connectivity index (χ0n) is 14.0. The van der Waals surface area contributed by atoms with E-state index in [-0.39, 0.29) is 12.0 Å². The van der Waals surface area contributed by atoms with Gasteiger partial charge in [0.05, 0.1) is 13.0 Å². The van der Waals surface area contributed by atoms with Gasteiger partial charge in [0.15, 0.2) is 0 Å².